The van der Waals surface area contributed by atoms with E-state index in [0.717, 1.165) is 22.3 Å². The molecule has 9 nitrogen and oxygen atoms in total. The summed E-state index contributed by atoms with van der Waals surface area (Å²) in [6, 6.07) is 21.9. The molecule has 1 heterocycles. The lowest BCUT2D eigenvalue weighted by atomic mass is 9.98. The molecular formula is C35H41N3O6. The van der Waals surface area contributed by atoms with Crippen LogP contribution in [0.4, 0.5) is 9.59 Å². The van der Waals surface area contributed by atoms with Gasteiger partial charge in [-0.3, -0.25) is 4.57 Å². The molecule has 4 aromatic rings. The van der Waals surface area contributed by atoms with Crippen molar-refractivity contribution in [1.82, 2.24) is 9.88 Å². The Morgan fingerprint density at radius 2 is 1.41 bits per heavy atom. The predicted octanol–water partition coefficient (Wildman–Crippen LogP) is 6.70. The van der Waals surface area contributed by atoms with E-state index in [0.29, 0.717) is 16.5 Å². The van der Waals surface area contributed by atoms with Gasteiger partial charge in [0.15, 0.2) is 0 Å². The molecule has 232 valence electrons. The summed E-state index contributed by atoms with van der Waals surface area (Å²) >= 11 is 0. The first-order valence-electron chi connectivity index (χ1n) is 14.6. The summed E-state index contributed by atoms with van der Waals surface area (Å²) in [7, 11) is 0. The van der Waals surface area contributed by atoms with Crippen LogP contribution in [0.2, 0.25) is 0 Å². The van der Waals surface area contributed by atoms with E-state index in [4.69, 9.17) is 15.2 Å². The Hall–Kier alpha value is -4.63. The summed E-state index contributed by atoms with van der Waals surface area (Å²) in [6.45, 7) is 11.3. The normalized spacial score (nSPS) is 13.2. The second-order valence-corrected chi connectivity index (χ2v) is 13.0. The van der Waals surface area contributed by atoms with Gasteiger partial charge in [-0.25, -0.2) is 14.4 Å². The number of rotatable bonds is 6. The summed E-state index contributed by atoms with van der Waals surface area (Å²) in [4.78, 5) is 37.7. The third kappa shape index (κ3) is 8.05. The maximum atomic E-state index is 12.8. The van der Waals surface area contributed by atoms with Crippen LogP contribution in [0.1, 0.15) is 64.2 Å². The number of nitrogens with one attached hydrogen (secondary N) is 1. The number of alkyl carbamates (subject to hydrolysis) is 1. The van der Waals surface area contributed by atoms with Gasteiger partial charge in [0.05, 0.1) is 5.52 Å². The maximum Gasteiger partial charge on any atom is 0.419 e. The lowest BCUT2D eigenvalue weighted by Gasteiger charge is -2.19. The Labute approximate surface area is 258 Å². The van der Waals surface area contributed by atoms with Crippen LogP contribution >= 0.6 is 0 Å². The maximum absolute atomic E-state index is 12.8. The molecule has 1 aromatic heterocycles. The molecular weight excluding hydrogens is 558 g/mol. The van der Waals surface area contributed by atoms with Crippen molar-refractivity contribution in [3.63, 3.8) is 0 Å². The molecule has 5 rings (SSSR count). The molecule has 0 radical (unpaired) electrons. The Kier molecular flexibility index (Phi) is 9.49. The SMILES string of the molecule is CC(C)(C)N.CC(C)(C)OC(=O)n1cc(CC(NC(=O)OCC2c3ccccc3-c3ccccc32)C(=O)O)c2ccccc21. The number of benzene rings is 3. The van der Waals surface area contributed by atoms with Gasteiger partial charge >= 0.3 is 18.2 Å². The number of hydrogen-bond acceptors (Lipinski definition) is 6. The highest BCUT2D eigenvalue weighted by Crippen LogP contribution is 2.44. The van der Waals surface area contributed by atoms with E-state index in [-0.39, 0.29) is 24.5 Å². The summed E-state index contributed by atoms with van der Waals surface area (Å²) in [6.07, 6.45) is 0.130. The van der Waals surface area contributed by atoms with Crippen LogP contribution in [-0.4, -0.2) is 51.6 Å². The van der Waals surface area contributed by atoms with Crippen LogP contribution in [-0.2, 0) is 20.7 Å². The quantitative estimate of drug-likeness (QED) is 0.225. The molecule has 1 amide bonds. The first-order chi connectivity index (χ1) is 20.6. The highest BCUT2D eigenvalue weighted by molar-refractivity contribution is 5.93. The zero-order valence-electron chi connectivity index (χ0n) is 26.1. The van der Waals surface area contributed by atoms with Gasteiger partial charge in [-0.2, -0.15) is 0 Å². The summed E-state index contributed by atoms with van der Waals surface area (Å²) < 4.78 is 12.4. The minimum absolute atomic E-state index is 0. The predicted molar refractivity (Wildman–Crippen MR) is 171 cm³/mol. The number of hydrogen-bond donors (Lipinski definition) is 3. The molecule has 1 atom stereocenters. The largest absolute Gasteiger partial charge is 0.480 e. The second kappa shape index (κ2) is 12.9. The van der Waals surface area contributed by atoms with E-state index in [1.165, 1.54) is 4.57 Å². The summed E-state index contributed by atoms with van der Waals surface area (Å²) in [5.41, 5.74) is 10.2. The molecule has 0 bridgehead atoms. The van der Waals surface area contributed by atoms with Crippen LogP contribution in [0.5, 0.6) is 0 Å². The van der Waals surface area contributed by atoms with Gasteiger partial charge in [0.25, 0.3) is 0 Å². The number of ether oxygens (including phenoxy) is 2. The number of carbonyl (C=O) groups is 3. The van der Waals surface area contributed by atoms with Gasteiger partial charge in [0, 0.05) is 29.5 Å². The van der Waals surface area contributed by atoms with E-state index in [1.807, 2.05) is 69.3 Å². The average molecular weight is 600 g/mol. The van der Waals surface area contributed by atoms with Crippen molar-refractivity contribution in [1.29, 1.82) is 0 Å². The number of carboxylic acids is 1. The van der Waals surface area contributed by atoms with Gasteiger partial charge in [0.2, 0.25) is 0 Å². The fraction of sp³-hybridized carbons (Fsp3) is 0.343. The molecule has 0 spiro atoms. The van der Waals surface area contributed by atoms with Crippen molar-refractivity contribution in [2.24, 2.45) is 5.73 Å². The molecule has 44 heavy (non-hydrogen) atoms. The monoisotopic (exact) mass is 599 g/mol. The molecule has 4 N–H and O–H groups in total. The number of nitrogens with two attached hydrogens (primary N) is 1. The van der Waals surface area contributed by atoms with Gasteiger partial charge in [-0.05, 0) is 75.4 Å². The molecule has 0 saturated heterocycles. The number of fused-ring (bicyclic) bond motifs is 4. The smallest absolute Gasteiger partial charge is 0.419 e. The zero-order chi connectivity index (χ0) is 32.2. The molecule has 1 aliphatic rings. The van der Waals surface area contributed by atoms with E-state index < -0.39 is 29.8 Å². The number of carboxylic acid groups (broad SMARTS) is 1. The highest BCUT2D eigenvalue weighted by atomic mass is 16.6. The van der Waals surface area contributed by atoms with E-state index in [9.17, 15) is 19.5 Å². The minimum Gasteiger partial charge on any atom is -0.480 e. The summed E-state index contributed by atoms with van der Waals surface area (Å²) in [5, 5.41) is 13.1. The Balaban J connectivity index is 0.000000818. The molecule has 1 unspecified atom stereocenters. The van der Waals surface area contributed by atoms with Crippen molar-refractivity contribution >= 4 is 29.1 Å². The van der Waals surface area contributed by atoms with Crippen LogP contribution in [0.3, 0.4) is 0 Å². The van der Waals surface area contributed by atoms with Crippen molar-refractivity contribution in [3.8, 4) is 11.1 Å². The topological polar surface area (TPSA) is 133 Å². The average Bonchev–Trinajstić information content (AvgIpc) is 3.46. The van der Waals surface area contributed by atoms with Crippen molar-refractivity contribution in [2.75, 3.05) is 6.61 Å². The molecule has 0 fully saturated rings. The van der Waals surface area contributed by atoms with E-state index >= 15 is 0 Å². The molecule has 0 aliphatic heterocycles. The molecule has 0 saturated carbocycles. The van der Waals surface area contributed by atoms with Crippen LogP contribution < -0.4 is 11.1 Å². The fourth-order valence-electron chi connectivity index (χ4n) is 5.08. The van der Waals surface area contributed by atoms with Crippen LogP contribution in [0, 0.1) is 0 Å². The first-order valence-corrected chi connectivity index (χ1v) is 14.6. The number of carbonyl (C=O) groups excluding carboxylic acids is 2. The number of amides is 1. The fourth-order valence-corrected chi connectivity index (χ4v) is 5.08. The van der Waals surface area contributed by atoms with Gasteiger partial charge < -0.3 is 25.6 Å². The van der Waals surface area contributed by atoms with Crippen LogP contribution in [0.25, 0.3) is 22.0 Å². The Bertz CT molecular complexity index is 1610. The van der Waals surface area contributed by atoms with Gasteiger partial charge in [0.1, 0.15) is 18.2 Å². The van der Waals surface area contributed by atoms with Crippen molar-refractivity contribution in [3.05, 3.63) is 95.7 Å². The number of nitrogens with zero attached hydrogens (tertiary/aromatic N) is 1. The summed E-state index contributed by atoms with van der Waals surface area (Å²) in [5.74, 6) is -1.35. The third-order valence-electron chi connectivity index (χ3n) is 6.74. The van der Waals surface area contributed by atoms with Crippen molar-refractivity contribution < 1.29 is 29.0 Å². The highest BCUT2D eigenvalue weighted by Gasteiger charge is 2.30. The van der Waals surface area contributed by atoms with Gasteiger partial charge in [-0.1, -0.05) is 66.7 Å². The Morgan fingerprint density at radius 1 is 0.886 bits per heavy atom. The van der Waals surface area contributed by atoms with Gasteiger partial charge in [-0.15, -0.1) is 0 Å². The van der Waals surface area contributed by atoms with Crippen LogP contribution in [0.15, 0.2) is 79.0 Å². The molecule has 9 heteroatoms. The first kappa shape index (κ1) is 32.3. The third-order valence-corrected chi connectivity index (χ3v) is 6.74. The second-order valence-electron chi connectivity index (χ2n) is 13.0. The van der Waals surface area contributed by atoms with E-state index in [1.54, 1.807) is 51.2 Å². The standard InChI is InChI=1S/C31H30N2O6.C4H11N/c1-31(2,3)39-30(37)33-17-19(20-10-8-9-15-27(20)33)16-26(28(34)35)32-29(36)38-18-25-23-13-6-4-11-21(23)22-12-5-7-14-24(22)25;1-4(2,3)5/h4-15,17,25-26H,16,18H2,1-3H3,(H,32,36)(H,34,35);5H2,1-3H3. The Morgan fingerprint density at radius 3 is 1.95 bits per heavy atom. The lowest BCUT2D eigenvalue weighted by molar-refractivity contribution is -0.139. The lowest BCUT2D eigenvalue weighted by Crippen LogP contribution is -2.42. The zero-order valence-corrected chi connectivity index (χ0v) is 26.1. The van der Waals surface area contributed by atoms with Crippen molar-refractivity contribution in [2.45, 2.75) is 71.1 Å². The minimum atomic E-state index is -1.27. The van der Waals surface area contributed by atoms with E-state index in [2.05, 4.69) is 5.32 Å². The number of aromatic nitrogens is 1. The molecule has 3 aromatic carbocycles. The number of para-hydroxylation sites is 1. The number of aliphatic carboxylic acids is 1. The molecule has 1 aliphatic carbocycles.